The van der Waals surface area contributed by atoms with Crippen molar-refractivity contribution in [1.82, 2.24) is 0 Å². The molecule has 0 aromatic heterocycles. The summed E-state index contributed by atoms with van der Waals surface area (Å²) in [4.78, 5) is -0.278. The van der Waals surface area contributed by atoms with Gasteiger partial charge in [0.2, 0.25) is 0 Å². The molecule has 0 unspecified atom stereocenters. The van der Waals surface area contributed by atoms with E-state index < -0.39 is 10.1 Å². The molecule has 0 atom stereocenters. The van der Waals surface area contributed by atoms with E-state index in [2.05, 4.69) is 0 Å². The molecule has 4 aromatic rings. The van der Waals surface area contributed by atoms with Crippen LogP contribution in [0.3, 0.4) is 0 Å². The summed E-state index contributed by atoms with van der Waals surface area (Å²) >= 11 is 0. The predicted octanol–water partition coefficient (Wildman–Crippen LogP) is 5.62. The van der Waals surface area contributed by atoms with Crippen molar-refractivity contribution in [1.29, 1.82) is 0 Å². The topological polar surface area (TPSA) is 84.9 Å². The maximum atomic E-state index is 12.6. The molecule has 0 aliphatic rings. The fourth-order valence-electron chi connectivity index (χ4n) is 3.82. The van der Waals surface area contributed by atoms with Gasteiger partial charge in [-0.15, -0.1) is 0 Å². The average molecular weight is 476 g/mol. The van der Waals surface area contributed by atoms with Crippen LogP contribution in [0.25, 0.3) is 33.4 Å². The van der Waals surface area contributed by atoms with Crippen LogP contribution in [0, 0.1) is 0 Å². The van der Waals surface area contributed by atoms with Gasteiger partial charge in [-0.1, -0.05) is 36.4 Å². The first-order chi connectivity index (χ1) is 16.3. The van der Waals surface area contributed by atoms with E-state index in [1.165, 1.54) is 0 Å². The van der Waals surface area contributed by atoms with Crippen LogP contribution in [0.1, 0.15) is 0 Å². The number of hydrogen-bond acceptors (Lipinski definition) is 6. The van der Waals surface area contributed by atoms with Gasteiger partial charge in [0.1, 0.15) is 27.4 Å². The van der Waals surface area contributed by atoms with Gasteiger partial charge in [-0.25, -0.2) is 8.42 Å². The van der Waals surface area contributed by atoms with Crippen molar-refractivity contribution in [2.45, 2.75) is 4.90 Å². The normalized spacial score (nSPS) is 11.2. The van der Waals surface area contributed by atoms with Gasteiger partial charge in [0.05, 0.1) is 26.2 Å². The average Bonchev–Trinajstić information content (AvgIpc) is 2.87. The molecule has 34 heavy (non-hydrogen) atoms. The molecular formula is C27H23O6S-. The second kappa shape index (κ2) is 9.59. The van der Waals surface area contributed by atoms with Crippen LogP contribution >= 0.6 is 0 Å². The number of ether oxygens (including phenoxy) is 3. The summed E-state index contributed by atoms with van der Waals surface area (Å²) in [6.07, 6.45) is 0. The van der Waals surface area contributed by atoms with E-state index in [0.29, 0.717) is 39.5 Å². The fraction of sp³-hybridized carbons (Fsp3) is 0.111. The van der Waals surface area contributed by atoms with Crippen LogP contribution in [0.15, 0.2) is 89.8 Å². The van der Waals surface area contributed by atoms with E-state index in [9.17, 15) is 13.0 Å². The van der Waals surface area contributed by atoms with Gasteiger partial charge in [0.25, 0.3) is 0 Å². The number of methoxy groups -OCH3 is 3. The molecule has 0 N–H and O–H groups in total. The molecule has 0 amide bonds. The zero-order valence-electron chi connectivity index (χ0n) is 18.9. The Kier molecular flexibility index (Phi) is 6.58. The predicted molar refractivity (Wildman–Crippen MR) is 130 cm³/mol. The van der Waals surface area contributed by atoms with Crippen molar-refractivity contribution in [3.05, 3.63) is 84.9 Å². The van der Waals surface area contributed by atoms with Crippen molar-refractivity contribution >= 4 is 10.1 Å². The molecule has 0 saturated heterocycles. The molecule has 0 heterocycles. The van der Waals surface area contributed by atoms with Crippen molar-refractivity contribution in [3.8, 4) is 50.6 Å². The highest BCUT2D eigenvalue weighted by Crippen LogP contribution is 2.41. The van der Waals surface area contributed by atoms with E-state index in [0.717, 1.165) is 11.1 Å². The number of benzene rings is 4. The van der Waals surface area contributed by atoms with Crippen LogP contribution in [-0.4, -0.2) is 34.3 Å². The Balaban J connectivity index is 2.03. The highest BCUT2D eigenvalue weighted by atomic mass is 32.2. The molecule has 0 saturated carbocycles. The lowest BCUT2D eigenvalue weighted by Gasteiger charge is -2.21. The van der Waals surface area contributed by atoms with Gasteiger partial charge in [-0.2, -0.15) is 0 Å². The van der Waals surface area contributed by atoms with E-state index in [1.54, 1.807) is 82.0 Å². The zero-order valence-corrected chi connectivity index (χ0v) is 19.8. The first kappa shape index (κ1) is 23.4. The Labute approximate surface area is 199 Å². The summed E-state index contributed by atoms with van der Waals surface area (Å²) in [5, 5.41) is 0. The van der Waals surface area contributed by atoms with E-state index in [1.807, 2.05) is 24.3 Å². The summed E-state index contributed by atoms with van der Waals surface area (Å²) in [5.74, 6) is 1.95. The van der Waals surface area contributed by atoms with Crippen LogP contribution < -0.4 is 14.2 Å². The Morgan fingerprint density at radius 2 is 0.853 bits per heavy atom. The Hall–Kier alpha value is -3.81. The van der Waals surface area contributed by atoms with Crippen LogP contribution in [0.5, 0.6) is 17.2 Å². The smallest absolute Gasteiger partial charge is 0.125 e. The molecule has 0 spiro atoms. The summed E-state index contributed by atoms with van der Waals surface area (Å²) < 4.78 is 53.4. The molecule has 7 heteroatoms. The zero-order chi connectivity index (χ0) is 24.3. The third kappa shape index (κ3) is 4.76. The summed E-state index contributed by atoms with van der Waals surface area (Å²) in [6, 6.07) is 24.7. The summed E-state index contributed by atoms with van der Waals surface area (Å²) in [6.45, 7) is 0. The first-order valence-electron chi connectivity index (χ1n) is 10.4. The van der Waals surface area contributed by atoms with Gasteiger partial charge < -0.3 is 18.8 Å². The molecule has 174 valence electrons. The van der Waals surface area contributed by atoms with Gasteiger partial charge in [-0.3, -0.25) is 0 Å². The van der Waals surface area contributed by atoms with Crippen LogP contribution in [0.4, 0.5) is 0 Å². The largest absolute Gasteiger partial charge is 0.744 e. The SMILES string of the molecule is COc1ccc(-c2cc(-c3ccc(OC)cc3)c(S(=O)(=O)[O-])c(-c3ccc(OC)cc3)c2)cc1. The molecular weight excluding hydrogens is 452 g/mol. The molecule has 4 aromatic carbocycles. The van der Waals surface area contributed by atoms with Crippen LogP contribution in [0.2, 0.25) is 0 Å². The molecule has 0 radical (unpaired) electrons. The first-order valence-corrected chi connectivity index (χ1v) is 11.8. The maximum absolute atomic E-state index is 12.6. The minimum atomic E-state index is -4.83. The highest BCUT2D eigenvalue weighted by molar-refractivity contribution is 7.86. The second-order valence-corrected chi connectivity index (χ2v) is 8.86. The lowest BCUT2D eigenvalue weighted by molar-refractivity contribution is 0.415. The quantitative estimate of drug-likeness (QED) is 0.323. The maximum Gasteiger partial charge on any atom is 0.125 e. The van der Waals surface area contributed by atoms with Crippen molar-refractivity contribution in [2.75, 3.05) is 21.3 Å². The Morgan fingerprint density at radius 1 is 0.529 bits per heavy atom. The molecule has 4 rings (SSSR count). The van der Waals surface area contributed by atoms with E-state index >= 15 is 0 Å². The molecule has 6 nitrogen and oxygen atoms in total. The number of rotatable bonds is 7. The van der Waals surface area contributed by atoms with Gasteiger partial charge >= 0.3 is 0 Å². The second-order valence-electron chi connectivity index (χ2n) is 7.54. The molecule has 0 fully saturated rings. The van der Waals surface area contributed by atoms with Crippen LogP contribution in [-0.2, 0) is 10.1 Å². The summed E-state index contributed by atoms with van der Waals surface area (Å²) in [7, 11) is -0.144. The monoisotopic (exact) mass is 475 g/mol. The standard InChI is InChI=1S/C27H24O6S/c1-31-22-10-4-18(5-11-22)21-16-25(19-6-12-23(32-2)13-7-19)27(34(28,29)30)26(17-21)20-8-14-24(33-3)15-9-20/h4-17H,1-3H3,(H,28,29,30)/p-1. The Morgan fingerprint density at radius 3 is 1.15 bits per heavy atom. The van der Waals surface area contributed by atoms with Gasteiger partial charge in [0.15, 0.2) is 0 Å². The minimum absolute atomic E-state index is 0.278. The number of hydrogen-bond donors (Lipinski definition) is 0. The molecule has 0 bridgehead atoms. The van der Waals surface area contributed by atoms with E-state index in [4.69, 9.17) is 14.2 Å². The lowest BCUT2D eigenvalue weighted by atomic mass is 9.93. The molecule has 0 aliphatic heterocycles. The lowest BCUT2D eigenvalue weighted by Crippen LogP contribution is -2.05. The van der Waals surface area contributed by atoms with E-state index in [-0.39, 0.29) is 4.90 Å². The highest BCUT2D eigenvalue weighted by Gasteiger charge is 2.20. The third-order valence-corrected chi connectivity index (χ3v) is 6.50. The van der Waals surface area contributed by atoms with Crippen molar-refractivity contribution in [2.24, 2.45) is 0 Å². The third-order valence-electron chi connectivity index (χ3n) is 5.56. The fourth-order valence-corrected chi connectivity index (χ4v) is 4.71. The van der Waals surface area contributed by atoms with Gasteiger partial charge in [-0.05, 0) is 70.8 Å². The van der Waals surface area contributed by atoms with Crippen molar-refractivity contribution in [3.63, 3.8) is 0 Å². The minimum Gasteiger partial charge on any atom is -0.744 e. The Bertz CT molecular complexity index is 1320. The summed E-state index contributed by atoms with van der Waals surface area (Å²) in [5.41, 5.74) is 3.40. The van der Waals surface area contributed by atoms with Gasteiger partial charge in [0, 0.05) is 11.1 Å². The van der Waals surface area contributed by atoms with Crippen molar-refractivity contribution < 1.29 is 27.2 Å². The molecule has 0 aliphatic carbocycles.